The molecule has 4 nitrogen and oxygen atoms in total. The molecule has 1 saturated carbocycles. The number of ether oxygens (including phenoxy) is 2. The van der Waals surface area contributed by atoms with Gasteiger partial charge in [-0.1, -0.05) is 25.0 Å². The highest BCUT2D eigenvalue weighted by molar-refractivity contribution is 7.07. The summed E-state index contributed by atoms with van der Waals surface area (Å²) in [5.74, 6) is 1.72. The van der Waals surface area contributed by atoms with Crippen LogP contribution in [0.25, 0.3) is 0 Å². The van der Waals surface area contributed by atoms with Crippen LogP contribution in [-0.4, -0.2) is 36.7 Å². The van der Waals surface area contributed by atoms with E-state index in [1.807, 2.05) is 17.0 Å². The van der Waals surface area contributed by atoms with Crippen LogP contribution in [0, 0.1) is 5.92 Å². The van der Waals surface area contributed by atoms with E-state index in [9.17, 15) is 4.79 Å². The summed E-state index contributed by atoms with van der Waals surface area (Å²) < 4.78 is 11.8. The topological polar surface area (TPSA) is 38.8 Å². The van der Waals surface area contributed by atoms with Crippen LogP contribution in [0.3, 0.4) is 0 Å². The van der Waals surface area contributed by atoms with Gasteiger partial charge in [0.1, 0.15) is 5.75 Å². The summed E-state index contributed by atoms with van der Waals surface area (Å²) in [4.78, 5) is 15.1. The number of hydrogen-bond donors (Lipinski definition) is 0. The molecule has 30 heavy (non-hydrogen) atoms. The lowest BCUT2D eigenvalue weighted by Crippen LogP contribution is -2.37. The van der Waals surface area contributed by atoms with Gasteiger partial charge in [-0.2, -0.15) is 11.3 Å². The first-order chi connectivity index (χ1) is 14.8. The summed E-state index contributed by atoms with van der Waals surface area (Å²) >= 11 is 1.72. The normalized spacial score (nSPS) is 19.3. The molecule has 0 unspecified atom stereocenters. The second-order valence-corrected chi connectivity index (χ2v) is 9.42. The molecule has 0 N–H and O–H groups in total. The van der Waals surface area contributed by atoms with E-state index >= 15 is 0 Å². The highest BCUT2D eigenvalue weighted by Gasteiger charge is 2.26. The number of carbonyl (C=O) groups is 1. The van der Waals surface area contributed by atoms with Gasteiger partial charge in [0.05, 0.1) is 12.7 Å². The summed E-state index contributed by atoms with van der Waals surface area (Å²) in [6, 6.07) is 10.3. The van der Waals surface area contributed by atoms with Gasteiger partial charge in [-0.25, -0.2) is 0 Å². The van der Waals surface area contributed by atoms with Crippen molar-refractivity contribution in [2.75, 3.05) is 19.8 Å². The molecule has 1 aliphatic carbocycles. The Morgan fingerprint density at radius 1 is 1.13 bits per heavy atom. The second kappa shape index (κ2) is 11.0. The number of rotatable bonds is 10. The average Bonchev–Trinajstić information content (AvgIpc) is 3.52. The minimum Gasteiger partial charge on any atom is -0.493 e. The van der Waals surface area contributed by atoms with Crippen LogP contribution in [0.1, 0.15) is 56.1 Å². The zero-order chi connectivity index (χ0) is 20.6. The first-order valence-electron chi connectivity index (χ1n) is 11.4. The molecule has 2 aliphatic rings. The zero-order valence-electron chi connectivity index (χ0n) is 17.8. The van der Waals surface area contributed by atoms with E-state index in [0.29, 0.717) is 32.0 Å². The van der Waals surface area contributed by atoms with E-state index in [1.54, 1.807) is 11.3 Å². The Bertz CT molecular complexity index is 779. The molecular weight excluding hydrogens is 394 g/mol. The Balaban J connectivity index is 1.36. The molecule has 1 atom stereocenters. The summed E-state index contributed by atoms with van der Waals surface area (Å²) in [7, 11) is 0. The van der Waals surface area contributed by atoms with Crippen molar-refractivity contribution in [3.63, 3.8) is 0 Å². The molecule has 5 heteroatoms. The molecule has 1 aromatic heterocycles. The predicted molar refractivity (Wildman–Crippen MR) is 121 cm³/mol. The molecule has 0 radical (unpaired) electrons. The third-order valence-corrected chi connectivity index (χ3v) is 6.98. The Kier molecular flexibility index (Phi) is 7.82. The Morgan fingerprint density at radius 2 is 2.03 bits per heavy atom. The molecule has 0 spiro atoms. The summed E-state index contributed by atoms with van der Waals surface area (Å²) in [5.41, 5.74) is 2.44. The van der Waals surface area contributed by atoms with E-state index in [0.717, 1.165) is 37.2 Å². The second-order valence-electron chi connectivity index (χ2n) is 8.64. The van der Waals surface area contributed by atoms with Crippen LogP contribution in [0.5, 0.6) is 5.75 Å². The lowest BCUT2D eigenvalue weighted by atomic mass is 10.0. The Hall–Kier alpha value is -1.85. The smallest absolute Gasteiger partial charge is 0.223 e. The number of carbonyl (C=O) groups excluding carboxylic acids is 1. The van der Waals surface area contributed by atoms with E-state index in [-0.39, 0.29) is 12.0 Å². The third kappa shape index (κ3) is 6.32. The minimum atomic E-state index is 0.183. The summed E-state index contributed by atoms with van der Waals surface area (Å²) in [6.07, 6.45) is 8.88. The SMILES string of the molecule is O=C(CC1CCCC1)N(Cc1cccc(OCCc2ccsc2)c1)C[C@H]1CCCO1. The van der Waals surface area contributed by atoms with E-state index in [2.05, 4.69) is 29.0 Å². The maximum absolute atomic E-state index is 13.1. The van der Waals surface area contributed by atoms with Crippen molar-refractivity contribution >= 4 is 17.2 Å². The molecule has 4 rings (SSSR count). The zero-order valence-corrected chi connectivity index (χ0v) is 18.6. The molecule has 1 aliphatic heterocycles. The molecule has 2 aromatic rings. The monoisotopic (exact) mass is 427 g/mol. The van der Waals surface area contributed by atoms with E-state index in [4.69, 9.17) is 9.47 Å². The molecule has 1 saturated heterocycles. The number of benzene rings is 1. The van der Waals surface area contributed by atoms with Gasteiger partial charge in [-0.3, -0.25) is 4.79 Å². The van der Waals surface area contributed by atoms with E-state index < -0.39 is 0 Å². The van der Waals surface area contributed by atoms with Crippen LogP contribution in [-0.2, 0) is 22.5 Å². The van der Waals surface area contributed by atoms with E-state index in [1.165, 1.54) is 31.2 Å². The first kappa shape index (κ1) is 21.4. The first-order valence-corrected chi connectivity index (χ1v) is 12.3. The molecule has 0 bridgehead atoms. The van der Waals surface area contributed by atoms with Gasteiger partial charge in [0.25, 0.3) is 0 Å². The number of hydrogen-bond acceptors (Lipinski definition) is 4. The predicted octanol–water partition coefficient (Wildman–Crippen LogP) is 5.46. The minimum absolute atomic E-state index is 0.183. The van der Waals surface area contributed by atoms with Gasteiger partial charge in [0, 0.05) is 32.5 Å². The van der Waals surface area contributed by atoms with Gasteiger partial charge >= 0.3 is 0 Å². The molecule has 2 heterocycles. The van der Waals surface area contributed by atoms with Crippen molar-refractivity contribution < 1.29 is 14.3 Å². The maximum atomic E-state index is 13.1. The molecular formula is C25H33NO3S. The average molecular weight is 428 g/mol. The highest BCUT2D eigenvalue weighted by atomic mass is 32.1. The fourth-order valence-electron chi connectivity index (χ4n) is 4.55. The fraction of sp³-hybridized carbons (Fsp3) is 0.560. The third-order valence-electron chi connectivity index (χ3n) is 6.25. The van der Waals surface area contributed by atoms with Crippen molar-refractivity contribution in [1.82, 2.24) is 4.90 Å². The van der Waals surface area contributed by atoms with Crippen LogP contribution in [0.2, 0.25) is 0 Å². The Morgan fingerprint density at radius 3 is 2.80 bits per heavy atom. The van der Waals surface area contributed by atoms with Crippen molar-refractivity contribution in [2.45, 2.75) is 64.0 Å². The molecule has 162 valence electrons. The van der Waals surface area contributed by atoms with Gasteiger partial charge in [0.2, 0.25) is 5.91 Å². The number of thiophene rings is 1. The van der Waals surface area contributed by atoms with Gasteiger partial charge in [-0.05, 0) is 71.7 Å². The van der Waals surface area contributed by atoms with Crippen LogP contribution < -0.4 is 4.74 Å². The summed E-state index contributed by atoms with van der Waals surface area (Å²) in [6.45, 7) is 2.82. The standard InChI is InChI=1S/C25H33NO3S/c27-25(16-20-5-1-2-6-20)26(18-24-9-4-12-28-24)17-22-7-3-8-23(15-22)29-13-10-21-11-14-30-19-21/h3,7-8,11,14-15,19-20,24H,1-2,4-6,9-10,12-13,16-18H2/t24-/m1/s1. The molecule has 1 aromatic carbocycles. The Labute approximate surface area is 184 Å². The van der Waals surface area contributed by atoms with Crippen molar-refractivity contribution in [3.8, 4) is 5.75 Å². The largest absolute Gasteiger partial charge is 0.493 e. The van der Waals surface area contributed by atoms with Gasteiger partial charge in [-0.15, -0.1) is 0 Å². The van der Waals surface area contributed by atoms with Crippen LogP contribution >= 0.6 is 11.3 Å². The molecule has 1 amide bonds. The van der Waals surface area contributed by atoms with Gasteiger partial charge < -0.3 is 14.4 Å². The van der Waals surface area contributed by atoms with Crippen LogP contribution in [0.4, 0.5) is 0 Å². The fourth-order valence-corrected chi connectivity index (χ4v) is 5.26. The summed E-state index contributed by atoms with van der Waals surface area (Å²) in [5, 5.41) is 4.26. The number of amides is 1. The quantitative estimate of drug-likeness (QED) is 0.505. The molecule has 2 fully saturated rings. The van der Waals surface area contributed by atoms with Gasteiger partial charge in [0.15, 0.2) is 0 Å². The highest BCUT2D eigenvalue weighted by Crippen LogP contribution is 2.29. The number of nitrogens with zero attached hydrogens (tertiary/aromatic N) is 1. The van der Waals surface area contributed by atoms with Crippen LogP contribution in [0.15, 0.2) is 41.1 Å². The lowest BCUT2D eigenvalue weighted by molar-refractivity contribution is -0.134. The van der Waals surface area contributed by atoms with Crippen molar-refractivity contribution in [1.29, 1.82) is 0 Å². The lowest BCUT2D eigenvalue weighted by Gasteiger charge is -2.27. The van der Waals surface area contributed by atoms with Crippen molar-refractivity contribution in [2.24, 2.45) is 5.92 Å². The maximum Gasteiger partial charge on any atom is 0.223 e. The van der Waals surface area contributed by atoms with Crippen molar-refractivity contribution in [3.05, 3.63) is 52.2 Å².